The van der Waals surface area contributed by atoms with Gasteiger partial charge < -0.3 is 10.5 Å². The Morgan fingerprint density at radius 1 is 1.20 bits per heavy atom. The molecule has 0 unspecified atom stereocenters. The summed E-state index contributed by atoms with van der Waals surface area (Å²) < 4.78 is 11.4. The molecule has 2 heterocycles. The number of nitrogens with two attached hydrogens (primary N) is 1. The van der Waals surface area contributed by atoms with Gasteiger partial charge in [-0.15, -0.1) is 5.10 Å². The second-order valence-electron chi connectivity index (χ2n) is 7.41. The maximum atomic E-state index is 12.9. The topological polar surface area (TPSA) is 189 Å². The van der Waals surface area contributed by atoms with Gasteiger partial charge in [-0.3, -0.25) is 14.9 Å². The first-order chi connectivity index (χ1) is 16.8. The number of hydrogen-bond acceptors (Lipinski definition) is 11. The lowest BCUT2D eigenvalue weighted by molar-refractivity contribution is -0.384. The van der Waals surface area contributed by atoms with Gasteiger partial charge >= 0.3 is 0 Å². The van der Waals surface area contributed by atoms with Crippen LogP contribution in [0.1, 0.15) is 29.9 Å². The Kier molecular flexibility index (Phi) is 6.44. The summed E-state index contributed by atoms with van der Waals surface area (Å²) in [6.07, 6.45) is 1.50. The van der Waals surface area contributed by atoms with Crippen LogP contribution in [0, 0.1) is 10.1 Å². The zero-order chi connectivity index (χ0) is 24.9. The Morgan fingerprint density at radius 2 is 1.91 bits per heavy atom. The fraction of sp³-hybridized carbons (Fsp3) is 0.143. The Hall–Kier alpha value is -5.14. The minimum absolute atomic E-state index is 0.00268. The highest BCUT2D eigenvalue weighted by atomic mass is 16.6. The number of nitrogens with zero attached hydrogens (tertiary/aromatic N) is 7. The molecule has 0 aliphatic rings. The molecule has 2 aromatic heterocycles. The number of carbonyl (C=O) groups is 1. The molecule has 14 nitrogen and oxygen atoms in total. The largest absolute Gasteiger partial charge is 0.491 e. The number of non-ortho nitro benzene ring substituents is 1. The second-order valence-corrected chi connectivity index (χ2v) is 7.41. The normalized spacial score (nSPS) is 11.2. The third-order valence-corrected chi connectivity index (χ3v) is 4.56. The third-order valence-electron chi connectivity index (χ3n) is 4.56. The van der Waals surface area contributed by atoms with Gasteiger partial charge in [0, 0.05) is 17.7 Å². The molecular formula is C21H19N9O5. The maximum absolute atomic E-state index is 12.9. The second kappa shape index (κ2) is 9.78. The number of hydrazone groups is 1. The van der Waals surface area contributed by atoms with Crippen molar-refractivity contribution < 1.29 is 19.1 Å². The van der Waals surface area contributed by atoms with E-state index in [0.717, 1.165) is 10.2 Å². The number of anilines is 1. The summed E-state index contributed by atoms with van der Waals surface area (Å²) in [6, 6.07) is 12.6. The van der Waals surface area contributed by atoms with E-state index in [0.29, 0.717) is 11.3 Å². The zero-order valence-corrected chi connectivity index (χ0v) is 18.5. The molecular weight excluding hydrogens is 458 g/mol. The number of nitrogen functional groups attached to an aromatic ring is 1. The average molecular weight is 477 g/mol. The number of rotatable bonds is 8. The quantitative estimate of drug-likeness (QED) is 0.216. The van der Waals surface area contributed by atoms with Crippen LogP contribution in [0.15, 0.2) is 58.3 Å². The minimum Gasteiger partial charge on any atom is -0.491 e. The first kappa shape index (κ1) is 23.0. The highest BCUT2D eigenvalue weighted by molar-refractivity contribution is 5.98. The Morgan fingerprint density at radius 3 is 2.51 bits per heavy atom. The lowest BCUT2D eigenvalue weighted by Crippen LogP contribution is -2.19. The number of aromatic nitrogens is 5. The van der Waals surface area contributed by atoms with Crippen molar-refractivity contribution in [2.75, 3.05) is 5.73 Å². The van der Waals surface area contributed by atoms with Gasteiger partial charge in [-0.05, 0) is 66.1 Å². The van der Waals surface area contributed by atoms with Crippen LogP contribution >= 0.6 is 0 Å². The number of nitro groups is 1. The van der Waals surface area contributed by atoms with Crippen molar-refractivity contribution in [3.05, 3.63) is 69.9 Å². The van der Waals surface area contributed by atoms with E-state index in [-0.39, 0.29) is 34.8 Å². The van der Waals surface area contributed by atoms with E-state index in [1.54, 1.807) is 24.3 Å². The van der Waals surface area contributed by atoms with E-state index in [9.17, 15) is 14.9 Å². The molecule has 0 radical (unpaired) electrons. The van der Waals surface area contributed by atoms with Crippen LogP contribution in [-0.4, -0.2) is 48.5 Å². The van der Waals surface area contributed by atoms with Crippen molar-refractivity contribution in [2.45, 2.75) is 20.0 Å². The summed E-state index contributed by atoms with van der Waals surface area (Å²) in [7, 11) is 0. The zero-order valence-electron chi connectivity index (χ0n) is 18.5. The lowest BCUT2D eigenvalue weighted by Gasteiger charge is -2.09. The Bertz CT molecular complexity index is 1380. The Balaban J connectivity index is 1.61. The van der Waals surface area contributed by atoms with Crippen molar-refractivity contribution in [3.63, 3.8) is 0 Å². The van der Waals surface area contributed by atoms with Crippen LogP contribution < -0.4 is 15.9 Å². The molecule has 0 aliphatic heterocycles. The molecule has 0 aliphatic carbocycles. The summed E-state index contributed by atoms with van der Waals surface area (Å²) in [4.78, 5) is 23.4. The van der Waals surface area contributed by atoms with Crippen molar-refractivity contribution >= 4 is 23.6 Å². The molecule has 4 aromatic rings. The van der Waals surface area contributed by atoms with Crippen LogP contribution in [0.3, 0.4) is 0 Å². The first-order valence-corrected chi connectivity index (χ1v) is 10.2. The van der Waals surface area contributed by atoms with Gasteiger partial charge in [-0.25, -0.2) is 10.1 Å². The van der Waals surface area contributed by atoms with Crippen LogP contribution in [0.25, 0.3) is 17.1 Å². The molecule has 14 heteroatoms. The van der Waals surface area contributed by atoms with Crippen LogP contribution in [0.2, 0.25) is 0 Å². The molecule has 0 fully saturated rings. The van der Waals surface area contributed by atoms with Gasteiger partial charge in [0.05, 0.1) is 17.2 Å². The lowest BCUT2D eigenvalue weighted by atomic mass is 10.1. The summed E-state index contributed by atoms with van der Waals surface area (Å²) in [5.74, 6) is -0.0622. The van der Waals surface area contributed by atoms with E-state index in [1.807, 2.05) is 13.8 Å². The predicted molar refractivity (Wildman–Crippen MR) is 123 cm³/mol. The Labute approximate surface area is 197 Å². The molecule has 35 heavy (non-hydrogen) atoms. The smallest absolute Gasteiger partial charge is 0.294 e. The van der Waals surface area contributed by atoms with Gasteiger partial charge in [-0.2, -0.15) is 9.78 Å². The molecule has 0 saturated carbocycles. The van der Waals surface area contributed by atoms with Crippen molar-refractivity contribution in [1.82, 2.24) is 30.7 Å². The van der Waals surface area contributed by atoms with Crippen molar-refractivity contribution in [2.24, 2.45) is 5.10 Å². The van der Waals surface area contributed by atoms with Gasteiger partial charge in [0.15, 0.2) is 5.69 Å². The van der Waals surface area contributed by atoms with Gasteiger partial charge in [-0.1, -0.05) is 5.21 Å². The van der Waals surface area contributed by atoms with Gasteiger partial charge in [0.25, 0.3) is 11.6 Å². The maximum Gasteiger partial charge on any atom is 0.294 e. The molecule has 178 valence electrons. The van der Waals surface area contributed by atoms with E-state index in [4.69, 9.17) is 10.5 Å². The van der Waals surface area contributed by atoms with Gasteiger partial charge in [0.2, 0.25) is 11.6 Å². The highest BCUT2D eigenvalue weighted by Crippen LogP contribution is 2.28. The van der Waals surface area contributed by atoms with Crippen molar-refractivity contribution in [1.29, 1.82) is 0 Å². The molecule has 3 N–H and O–H groups in total. The SMILES string of the molecule is CC(C)Oc1ccc(C=NNC(=O)c2nnn(-c3nonc3N)c2-c2ccc([N+](=O)[O-])cc2)cc1. The van der Waals surface area contributed by atoms with Crippen LogP contribution in [-0.2, 0) is 0 Å². The van der Waals surface area contributed by atoms with Crippen LogP contribution in [0.5, 0.6) is 5.75 Å². The summed E-state index contributed by atoms with van der Waals surface area (Å²) >= 11 is 0. The summed E-state index contributed by atoms with van der Waals surface area (Å²) in [6.45, 7) is 3.86. The minimum atomic E-state index is -0.685. The summed E-state index contributed by atoms with van der Waals surface area (Å²) in [5, 5.41) is 30.0. The number of hydrogen-bond donors (Lipinski definition) is 2. The fourth-order valence-electron chi connectivity index (χ4n) is 3.04. The highest BCUT2D eigenvalue weighted by Gasteiger charge is 2.25. The number of ether oxygens (including phenoxy) is 1. The predicted octanol–water partition coefficient (Wildman–Crippen LogP) is 2.36. The fourth-order valence-corrected chi connectivity index (χ4v) is 3.04. The van der Waals surface area contributed by atoms with E-state index in [2.05, 4.69) is 35.8 Å². The first-order valence-electron chi connectivity index (χ1n) is 10.2. The van der Waals surface area contributed by atoms with E-state index in [1.165, 1.54) is 30.5 Å². The third kappa shape index (κ3) is 5.11. The standard InChI is InChI=1S/C21H19N9O5/c1-12(2)34-16-9-3-13(4-10-16)11-23-25-21(31)17-18(14-5-7-15(8-6-14)30(32)33)29(28-24-17)20-19(22)26-35-27-20/h3-12H,1-2H3,(H2,22,26)(H,25,31). The average Bonchev–Trinajstić information content (AvgIpc) is 3.45. The summed E-state index contributed by atoms with van der Waals surface area (Å²) in [5.41, 5.74) is 9.18. The molecule has 2 aromatic carbocycles. The van der Waals surface area contributed by atoms with E-state index < -0.39 is 10.8 Å². The molecule has 4 rings (SSSR count). The van der Waals surface area contributed by atoms with E-state index >= 15 is 0 Å². The monoisotopic (exact) mass is 477 g/mol. The molecule has 0 saturated heterocycles. The number of nitro benzene ring substituents is 1. The molecule has 0 atom stereocenters. The van der Waals surface area contributed by atoms with Gasteiger partial charge in [0.1, 0.15) is 11.4 Å². The molecule has 0 spiro atoms. The number of nitrogens with one attached hydrogen (secondary N) is 1. The molecule has 0 bridgehead atoms. The number of benzene rings is 2. The number of amides is 1. The number of carbonyl (C=O) groups excluding carboxylic acids is 1. The van der Waals surface area contributed by atoms with Crippen molar-refractivity contribution in [3.8, 4) is 22.8 Å². The molecule has 1 amide bonds. The van der Waals surface area contributed by atoms with Crippen LogP contribution in [0.4, 0.5) is 11.5 Å².